The molecule has 0 spiro atoms. The number of imidazole rings is 1. The smallest absolute Gasteiger partial charge is 0.338 e. The van der Waals surface area contributed by atoms with Crippen LogP contribution in [0.25, 0.3) is 16.9 Å². The molecule has 8 nitrogen and oxygen atoms in total. The lowest BCUT2D eigenvalue weighted by Gasteiger charge is -2.11. The molecule has 3 rings (SSSR count). The Morgan fingerprint density at radius 1 is 1.31 bits per heavy atom. The molecule has 136 valence electrons. The molecule has 26 heavy (non-hydrogen) atoms. The number of nitrogens with zero attached hydrogens (tertiary/aromatic N) is 3. The van der Waals surface area contributed by atoms with Crippen molar-refractivity contribution >= 4 is 49.2 Å². The molecule has 0 aliphatic rings. The number of amides is 2. The molecule has 0 bridgehead atoms. The van der Waals surface area contributed by atoms with Gasteiger partial charge in [0.05, 0.1) is 5.69 Å². The molecule has 10 heteroatoms. The Labute approximate surface area is 165 Å². The van der Waals surface area contributed by atoms with Gasteiger partial charge in [-0.05, 0) is 44.3 Å². The summed E-state index contributed by atoms with van der Waals surface area (Å²) >= 11 is 6.63. The van der Waals surface area contributed by atoms with E-state index in [-0.39, 0.29) is 6.03 Å². The standard InChI is InChI=1S/C16H16Br2N6O2/c1-2-3-8-19-15(25)20-10-7-5-4-6-9(10)11-14-21-12(17)13(18)24(14)16(26)23-22-11/h4-7H,2-3,8H2,1H3,(H,23,26)(H2,19,20,25). The second kappa shape index (κ2) is 8.00. The number of nitrogens with one attached hydrogen (secondary N) is 3. The van der Waals surface area contributed by atoms with Gasteiger partial charge in [-0.25, -0.2) is 24.1 Å². The molecule has 0 radical (unpaired) electrons. The van der Waals surface area contributed by atoms with Gasteiger partial charge in [-0.2, -0.15) is 5.10 Å². The van der Waals surface area contributed by atoms with E-state index in [1.165, 1.54) is 4.40 Å². The van der Waals surface area contributed by atoms with E-state index in [0.717, 1.165) is 12.8 Å². The van der Waals surface area contributed by atoms with E-state index in [0.29, 0.717) is 38.3 Å². The monoisotopic (exact) mass is 482 g/mol. The van der Waals surface area contributed by atoms with Gasteiger partial charge < -0.3 is 10.6 Å². The molecule has 0 atom stereocenters. The van der Waals surface area contributed by atoms with Crippen LogP contribution in [0, 0.1) is 0 Å². The Balaban J connectivity index is 2.02. The first-order valence-electron chi connectivity index (χ1n) is 7.99. The maximum absolute atomic E-state index is 12.1. The minimum atomic E-state index is -0.420. The number of benzene rings is 1. The average molecular weight is 484 g/mol. The first kappa shape index (κ1) is 18.6. The Morgan fingerprint density at radius 3 is 2.85 bits per heavy atom. The highest BCUT2D eigenvalue weighted by Gasteiger charge is 2.18. The maximum Gasteiger partial charge on any atom is 0.348 e. The summed E-state index contributed by atoms with van der Waals surface area (Å²) < 4.78 is 2.34. The minimum absolute atomic E-state index is 0.294. The molecule has 1 aromatic carbocycles. The number of hydrogen-bond acceptors (Lipinski definition) is 4. The second-order valence-electron chi connectivity index (χ2n) is 5.51. The van der Waals surface area contributed by atoms with Crippen LogP contribution in [0.1, 0.15) is 19.8 Å². The summed E-state index contributed by atoms with van der Waals surface area (Å²) in [5, 5.41) is 12.2. The number of unbranched alkanes of at least 4 members (excludes halogenated alkanes) is 1. The van der Waals surface area contributed by atoms with Gasteiger partial charge in [-0.3, -0.25) is 0 Å². The van der Waals surface area contributed by atoms with E-state index in [9.17, 15) is 9.59 Å². The van der Waals surface area contributed by atoms with Crippen LogP contribution in [0.2, 0.25) is 0 Å². The molecule has 0 fully saturated rings. The zero-order valence-electron chi connectivity index (χ0n) is 13.8. The van der Waals surface area contributed by atoms with E-state index < -0.39 is 5.69 Å². The zero-order valence-corrected chi connectivity index (χ0v) is 17.0. The van der Waals surface area contributed by atoms with E-state index in [1.807, 2.05) is 12.1 Å². The van der Waals surface area contributed by atoms with Crippen LogP contribution < -0.4 is 16.3 Å². The van der Waals surface area contributed by atoms with Gasteiger partial charge >= 0.3 is 11.7 Å². The number of aromatic nitrogens is 4. The van der Waals surface area contributed by atoms with Crippen molar-refractivity contribution in [2.45, 2.75) is 19.8 Å². The lowest BCUT2D eigenvalue weighted by Crippen LogP contribution is -2.29. The van der Waals surface area contributed by atoms with Crippen molar-refractivity contribution in [3.05, 3.63) is 44.0 Å². The van der Waals surface area contributed by atoms with E-state index in [4.69, 9.17) is 0 Å². The van der Waals surface area contributed by atoms with Gasteiger partial charge in [0.2, 0.25) is 0 Å². The zero-order chi connectivity index (χ0) is 18.7. The number of fused-ring (bicyclic) bond motifs is 1. The van der Waals surface area contributed by atoms with Crippen LogP contribution in [-0.4, -0.2) is 32.2 Å². The number of H-pyrrole nitrogens is 1. The van der Waals surface area contributed by atoms with Crippen LogP contribution in [0.4, 0.5) is 10.5 Å². The molecular weight excluding hydrogens is 468 g/mol. The predicted octanol–water partition coefficient (Wildman–Crippen LogP) is 3.53. The summed E-state index contributed by atoms with van der Waals surface area (Å²) in [7, 11) is 0. The molecule has 0 saturated carbocycles. The van der Waals surface area contributed by atoms with Crippen molar-refractivity contribution < 1.29 is 4.79 Å². The van der Waals surface area contributed by atoms with Gasteiger partial charge in [-0.15, -0.1) is 0 Å². The fourth-order valence-electron chi connectivity index (χ4n) is 2.45. The number of aromatic amines is 1. The summed E-state index contributed by atoms with van der Waals surface area (Å²) in [5.74, 6) is 0. The number of anilines is 1. The molecule has 0 saturated heterocycles. The van der Waals surface area contributed by atoms with Gasteiger partial charge in [0.25, 0.3) is 0 Å². The fourth-order valence-corrected chi connectivity index (χ4v) is 3.21. The van der Waals surface area contributed by atoms with E-state index >= 15 is 0 Å². The Morgan fingerprint density at radius 2 is 2.08 bits per heavy atom. The number of hydrogen-bond donors (Lipinski definition) is 3. The van der Waals surface area contributed by atoms with E-state index in [2.05, 4.69) is 64.6 Å². The molecular formula is C16H16Br2N6O2. The highest BCUT2D eigenvalue weighted by molar-refractivity contribution is 9.13. The molecule has 0 aliphatic heterocycles. The van der Waals surface area contributed by atoms with Crippen LogP contribution in [0.5, 0.6) is 0 Å². The van der Waals surface area contributed by atoms with Crippen molar-refractivity contribution in [2.24, 2.45) is 0 Å². The Bertz CT molecular complexity index is 1010. The van der Waals surface area contributed by atoms with Crippen molar-refractivity contribution in [1.82, 2.24) is 24.9 Å². The SMILES string of the molecule is CCCCNC(=O)Nc1ccccc1-c1n[nH]c(=O)n2c(Br)c(Br)nc12. The molecule has 0 unspecified atom stereocenters. The van der Waals surface area contributed by atoms with Crippen molar-refractivity contribution in [2.75, 3.05) is 11.9 Å². The Kier molecular flexibility index (Phi) is 5.72. The van der Waals surface area contributed by atoms with E-state index in [1.54, 1.807) is 12.1 Å². The average Bonchev–Trinajstić information content (AvgIpc) is 2.92. The van der Waals surface area contributed by atoms with Crippen LogP contribution in [0.15, 0.2) is 38.3 Å². The topological polar surface area (TPSA) is 104 Å². The molecule has 2 amide bonds. The number of urea groups is 1. The number of halogens is 2. The van der Waals surface area contributed by atoms with Gasteiger partial charge in [0, 0.05) is 12.1 Å². The number of carbonyl (C=O) groups is 1. The summed E-state index contributed by atoms with van der Waals surface area (Å²) in [5.41, 5.74) is 1.60. The third-order valence-electron chi connectivity index (χ3n) is 3.71. The molecule has 0 aliphatic carbocycles. The molecule has 2 heterocycles. The lowest BCUT2D eigenvalue weighted by molar-refractivity contribution is 0.252. The van der Waals surface area contributed by atoms with Crippen molar-refractivity contribution in [1.29, 1.82) is 0 Å². The lowest BCUT2D eigenvalue weighted by atomic mass is 10.1. The predicted molar refractivity (Wildman–Crippen MR) is 106 cm³/mol. The normalized spacial score (nSPS) is 10.9. The summed E-state index contributed by atoms with van der Waals surface area (Å²) in [6, 6.07) is 6.92. The third-order valence-corrected chi connectivity index (χ3v) is 5.52. The first-order valence-corrected chi connectivity index (χ1v) is 9.58. The van der Waals surface area contributed by atoms with Gasteiger partial charge in [0.15, 0.2) is 5.65 Å². The first-order chi connectivity index (χ1) is 12.5. The second-order valence-corrected chi connectivity index (χ2v) is 7.01. The van der Waals surface area contributed by atoms with Crippen LogP contribution in [0.3, 0.4) is 0 Å². The van der Waals surface area contributed by atoms with Gasteiger partial charge in [0.1, 0.15) is 14.9 Å². The molecule has 2 aromatic heterocycles. The summed E-state index contributed by atoms with van der Waals surface area (Å²) in [6.45, 7) is 2.66. The quantitative estimate of drug-likeness (QED) is 0.483. The van der Waals surface area contributed by atoms with Gasteiger partial charge in [-0.1, -0.05) is 31.5 Å². The van der Waals surface area contributed by atoms with Crippen molar-refractivity contribution in [3.63, 3.8) is 0 Å². The molecule has 3 aromatic rings. The highest BCUT2D eigenvalue weighted by atomic mass is 79.9. The summed E-state index contributed by atoms with van der Waals surface area (Å²) in [4.78, 5) is 28.5. The molecule has 3 N–H and O–H groups in total. The fraction of sp³-hybridized carbons (Fsp3) is 0.250. The minimum Gasteiger partial charge on any atom is -0.338 e. The third kappa shape index (κ3) is 3.65. The number of carbonyl (C=O) groups excluding carboxylic acids is 1. The van der Waals surface area contributed by atoms with Crippen molar-refractivity contribution in [3.8, 4) is 11.3 Å². The highest BCUT2D eigenvalue weighted by Crippen LogP contribution is 2.31. The number of para-hydroxylation sites is 1. The largest absolute Gasteiger partial charge is 0.348 e. The Hall–Kier alpha value is -2.20. The number of rotatable bonds is 5. The maximum atomic E-state index is 12.1. The van der Waals surface area contributed by atoms with Crippen LogP contribution in [-0.2, 0) is 0 Å². The summed E-state index contributed by atoms with van der Waals surface area (Å²) in [6.07, 6.45) is 1.91. The van der Waals surface area contributed by atoms with Crippen LogP contribution >= 0.6 is 31.9 Å².